The molecule has 0 spiro atoms. The molecule has 0 heterocycles. The quantitative estimate of drug-likeness (QED) is 0.907. The number of aryl methyl sites for hydroxylation is 1. The number of halogens is 1. The van der Waals surface area contributed by atoms with Crippen LogP contribution in [-0.2, 0) is 12.8 Å². The van der Waals surface area contributed by atoms with E-state index >= 15 is 0 Å². The molecular weight excluding hydrogens is 253 g/mol. The first-order valence-electron chi connectivity index (χ1n) is 6.72. The summed E-state index contributed by atoms with van der Waals surface area (Å²) < 4.78 is 18.5. The highest BCUT2D eigenvalue weighted by Crippen LogP contribution is 2.19. The summed E-state index contributed by atoms with van der Waals surface area (Å²) >= 11 is 0. The molecule has 0 saturated heterocycles. The lowest BCUT2D eigenvalue weighted by molar-refractivity contribution is 0.386. The van der Waals surface area contributed by atoms with Gasteiger partial charge in [0.15, 0.2) is 11.6 Å². The van der Waals surface area contributed by atoms with Crippen LogP contribution < -0.4 is 10.5 Å². The van der Waals surface area contributed by atoms with E-state index in [-0.39, 0.29) is 17.6 Å². The zero-order valence-corrected chi connectivity index (χ0v) is 11.9. The van der Waals surface area contributed by atoms with Gasteiger partial charge in [-0.3, -0.25) is 0 Å². The molecule has 1 atom stereocenters. The van der Waals surface area contributed by atoms with Gasteiger partial charge in [0, 0.05) is 6.04 Å². The fraction of sp³-hybridized carbons (Fsp3) is 0.294. The average Bonchev–Trinajstić information content (AvgIpc) is 2.38. The first kappa shape index (κ1) is 14.5. The number of hydrogen-bond acceptors (Lipinski definition) is 2. The van der Waals surface area contributed by atoms with Gasteiger partial charge in [0.1, 0.15) is 0 Å². The van der Waals surface area contributed by atoms with E-state index in [1.165, 1.54) is 24.3 Å². The van der Waals surface area contributed by atoms with Crippen LogP contribution in [0.15, 0.2) is 42.5 Å². The molecule has 1 unspecified atom stereocenters. The van der Waals surface area contributed by atoms with Crippen molar-refractivity contribution >= 4 is 0 Å². The van der Waals surface area contributed by atoms with Crippen molar-refractivity contribution < 1.29 is 9.13 Å². The normalized spacial score (nSPS) is 12.2. The van der Waals surface area contributed by atoms with Gasteiger partial charge in [-0.25, -0.2) is 4.39 Å². The summed E-state index contributed by atoms with van der Waals surface area (Å²) in [6.45, 7) is 2.06. The first-order valence-corrected chi connectivity index (χ1v) is 6.72. The van der Waals surface area contributed by atoms with Gasteiger partial charge in [0.25, 0.3) is 0 Å². The molecule has 2 N–H and O–H groups in total. The molecule has 0 saturated carbocycles. The maximum absolute atomic E-state index is 13.6. The van der Waals surface area contributed by atoms with Gasteiger partial charge in [-0.05, 0) is 43.0 Å². The number of nitrogens with two attached hydrogens (primary N) is 1. The van der Waals surface area contributed by atoms with E-state index in [4.69, 9.17) is 10.5 Å². The van der Waals surface area contributed by atoms with Crippen LogP contribution in [0.4, 0.5) is 4.39 Å². The molecule has 2 rings (SSSR count). The van der Waals surface area contributed by atoms with Crippen LogP contribution >= 0.6 is 0 Å². The molecule has 0 fully saturated rings. The zero-order valence-electron chi connectivity index (χ0n) is 11.9. The van der Waals surface area contributed by atoms with E-state index in [0.717, 1.165) is 12.0 Å². The van der Waals surface area contributed by atoms with Gasteiger partial charge in [0.05, 0.1) is 7.11 Å². The second-order valence-electron chi connectivity index (χ2n) is 5.13. The topological polar surface area (TPSA) is 35.2 Å². The van der Waals surface area contributed by atoms with Gasteiger partial charge in [0.2, 0.25) is 0 Å². The van der Waals surface area contributed by atoms with Crippen LogP contribution in [0.25, 0.3) is 0 Å². The van der Waals surface area contributed by atoms with E-state index < -0.39 is 0 Å². The van der Waals surface area contributed by atoms with Crippen molar-refractivity contribution in [2.75, 3.05) is 7.11 Å². The minimum absolute atomic E-state index is 0.0235. The Kier molecular flexibility index (Phi) is 4.74. The lowest BCUT2D eigenvalue weighted by atomic mass is 9.98. The Hall–Kier alpha value is -1.87. The Labute approximate surface area is 119 Å². The highest BCUT2D eigenvalue weighted by molar-refractivity contribution is 5.30. The van der Waals surface area contributed by atoms with Crippen molar-refractivity contribution in [1.82, 2.24) is 0 Å². The number of methoxy groups -OCH3 is 1. The van der Waals surface area contributed by atoms with Crippen molar-refractivity contribution in [3.63, 3.8) is 0 Å². The van der Waals surface area contributed by atoms with Crippen molar-refractivity contribution in [1.29, 1.82) is 0 Å². The summed E-state index contributed by atoms with van der Waals surface area (Å²) in [5, 5.41) is 0. The summed E-state index contributed by atoms with van der Waals surface area (Å²) in [7, 11) is 1.46. The maximum atomic E-state index is 13.6. The van der Waals surface area contributed by atoms with E-state index in [1.807, 2.05) is 12.1 Å². The Bertz CT molecular complexity index is 583. The average molecular weight is 273 g/mol. The minimum atomic E-state index is -0.340. The molecule has 2 aromatic rings. The highest BCUT2D eigenvalue weighted by Gasteiger charge is 2.09. The van der Waals surface area contributed by atoms with Crippen LogP contribution in [0.1, 0.15) is 16.7 Å². The SMILES string of the molecule is COc1ccc(CC(N)Cc2cccc(C)c2)cc1F. The van der Waals surface area contributed by atoms with E-state index in [0.29, 0.717) is 6.42 Å². The largest absolute Gasteiger partial charge is 0.494 e. The van der Waals surface area contributed by atoms with Crippen LogP contribution in [0, 0.1) is 12.7 Å². The van der Waals surface area contributed by atoms with Crippen molar-refractivity contribution in [2.45, 2.75) is 25.8 Å². The van der Waals surface area contributed by atoms with Gasteiger partial charge >= 0.3 is 0 Å². The van der Waals surface area contributed by atoms with Crippen LogP contribution in [0.3, 0.4) is 0 Å². The van der Waals surface area contributed by atoms with E-state index in [1.54, 1.807) is 6.07 Å². The van der Waals surface area contributed by atoms with E-state index in [2.05, 4.69) is 25.1 Å². The number of benzene rings is 2. The molecule has 106 valence electrons. The van der Waals surface area contributed by atoms with Crippen LogP contribution in [-0.4, -0.2) is 13.2 Å². The molecule has 2 aromatic carbocycles. The number of rotatable bonds is 5. The predicted octanol–water partition coefficient (Wildman–Crippen LogP) is 3.26. The third-order valence-electron chi connectivity index (χ3n) is 3.29. The fourth-order valence-corrected chi connectivity index (χ4v) is 2.35. The van der Waals surface area contributed by atoms with Crippen molar-refractivity contribution in [3.8, 4) is 5.75 Å². The van der Waals surface area contributed by atoms with Crippen molar-refractivity contribution in [2.24, 2.45) is 5.73 Å². The summed E-state index contributed by atoms with van der Waals surface area (Å²) in [5.41, 5.74) is 9.49. The molecule has 0 aliphatic carbocycles. The monoisotopic (exact) mass is 273 g/mol. The van der Waals surface area contributed by atoms with Gasteiger partial charge in [-0.2, -0.15) is 0 Å². The first-order chi connectivity index (χ1) is 9.58. The third kappa shape index (κ3) is 3.81. The number of ether oxygens (including phenoxy) is 1. The molecule has 0 radical (unpaired) electrons. The second-order valence-corrected chi connectivity index (χ2v) is 5.13. The predicted molar refractivity (Wildman–Crippen MR) is 79.5 cm³/mol. The highest BCUT2D eigenvalue weighted by atomic mass is 19.1. The fourth-order valence-electron chi connectivity index (χ4n) is 2.35. The molecule has 0 amide bonds. The molecule has 20 heavy (non-hydrogen) atoms. The zero-order chi connectivity index (χ0) is 14.5. The molecule has 0 bridgehead atoms. The maximum Gasteiger partial charge on any atom is 0.165 e. The molecule has 3 heteroatoms. The van der Waals surface area contributed by atoms with Gasteiger partial charge < -0.3 is 10.5 Å². The third-order valence-corrected chi connectivity index (χ3v) is 3.29. The summed E-state index contributed by atoms with van der Waals surface area (Å²) in [6.07, 6.45) is 1.43. The smallest absolute Gasteiger partial charge is 0.165 e. The standard InChI is InChI=1S/C17H20FNO/c1-12-4-3-5-13(8-12)9-15(19)10-14-6-7-17(20-2)16(18)11-14/h3-8,11,15H,9-10,19H2,1-2H3. The molecule has 0 aromatic heterocycles. The van der Waals surface area contributed by atoms with E-state index in [9.17, 15) is 4.39 Å². The number of hydrogen-bond donors (Lipinski definition) is 1. The molecule has 0 aliphatic rings. The van der Waals surface area contributed by atoms with Crippen LogP contribution in [0.5, 0.6) is 5.75 Å². The Morgan fingerprint density at radius 1 is 1.10 bits per heavy atom. The Balaban J connectivity index is 2.01. The summed E-state index contributed by atoms with van der Waals surface area (Å²) in [5.74, 6) is -0.0752. The lowest BCUT2D eigenvalue weighted by Crippen LogP contribution is -2.25. The van der Waals surface area contributed by atoms with Gasteiger partial charge in [-0.1, -0.05) is 35.9 Å². The van der Waals surface area contributed by atoms with Gasteiger partial charge in [-0.15, -0.1) is 0 Å². The Morgan fingerprint density at radius 2 is 1.80 bits per heavy atom. The minimum Gasteiger partial charge on any atom is -0.494 e. The van der Waals surface area contributed by atoms with Crippen LogP contribution in [0.2, 0.25) is 0 Å². The second kappa shape index (κ2) is 6.53. The molecule has 2 nitrogen and oxygen atoms in total. The summed E-state index contributed by atoms with van der Waals surface area (Å²) in [6, 6.07) is 13.3. The summed E-state index contributed by atoms with van der Waals surface area (Å²) in [4.78, 5) is 0. The lowest BCUT2D eigenvalue weighted by Gasteiger charge is -2.13. The van der Waals surface area contributed by atoms with Crippen molar-refractivity contribution in [3.05, 3.63) is 65.0 Å². The molecule has 0 aliphatic heterocycles. The Morgan fingerprint density at radius 3 is 2.40 bits per heavy atom. The molecular formula is C17H20FNO.